The molecule has 1 aliphatic rings. The van der Waals surface area contributed by atoms with Crippen LogP contribution in [0.1, 0.15) is 35.0 Å². The average molecular weight is 366 g/mol. The summed E-state index contributed by atoms with van der Waals surface area (Å²) in [6.07, 6.45) is 1.67. The van der Waals surface area contributed by atoms with Crippen LogP contribution in [0.2, 0.25) is 0 Å². The second kappa shape index (κ2) is 7.17. The van der Waals surface area contributed by atoms with Gasteiger partial charge in [0.05, 0.1) is 23.2 Å². The number of piperidine rings is 1. The zero-order valence-electron chi connectivity index (χ0n) is 14.8. The van der Waals surface area contributed by atoms with E-state index in [4.69, 9.17) is 4.98 Å². The minimum absolute atomic E-state index is 0.0143. The summed E-state index contributed by atoms with van der Waals surface area (Å²) in [4.78, 5) is 20.0. The van der Waals surface area contributed by atoms with Gasteiger partial charge in [0.25, 0.3) is 0 Å². The van der Waals surface area contributed by atoms with Gasteiger partial charge in [0, 0.05) is 16.8 Å². The van der Waals surface area contributed by atoms with Crippen molar-refractivity contribution in [2.24, 2.45) is 5.92 Å². The molecule has 1 N–H and O–H groups in total. The van der Waals surface area contributed by atoms with Crippen molar-refractivity contribution in [2.75, 3.05) is 13.1 Å². The first-order valence-corrected chi connectivity index (χ1v) is 9.87. The Morgan fingerprint density at radius 2 is 2.15 bits per heavy atom. The number of para-hydroxylation sites is 1. The van der Waals surface area contributed by atoms with E-state index >= 15 is 0 Å². The van der Waals surface area contributed by atoms with Gasteiger partial charge in [-0.25, -0.2) is 0 Å². The molecule has 2 atom stereocenters. The zero-order chi connectivity index (χ0) is 18.1. The van der Waals surface area contributed by atoms with E-state index in [1.807, 2.05) is 18.2 Å². The molecule has 0 radical (unpaired) electrons. The molecule has 1 aliphatic heterocycles. The highest BCUT2D eigenvalue weighted by Crippen LogP contribution is 2.35. The number of aliphatic carboxylic acids is 1. The van der Waals surface area contributed by atoms with E-state index in [1.165, 1.54) is 10.4 Å². The van der Waals surface area contributed by atoms with Crippen LogP contribution in [-0.2, 0) is 4.79 Å². The quantitative estimate of drug-likeness (QED) is 0.739. The van der Waals surface area contributed by atoms with Gasteiger partial charge in [-0.1, -0.05) is 24.3 Å². The fourth-order valence-electron chi connectivity index (χ4n) is 3.79. The zero-order valence-corrected chi connectivity index (χ0v) is 15.6. The first kappa shape index (κ1) is 17.2. The third kappa shape index (κ3) is 3.37. The highest BCUT2D eigenvalue weighted by Gasteiger charge is 2.32. The van der Waals surface area contributed by atoms with Gasteiger partial charge in [-0.15, -0.1) is 11.3 Å². The minimum Gasteiger partial charge on any atom is -0.481 e. The Bertz CT molecular complexity index is 936. The van der Waals surface area contributed by atoms with Crippen molar-refractivity contribution in [3.8, 4) is 0 Å². The third-order valence-electron chi connectivity index (χ3n) is 5.09. The predicted molar refractivity (Wildman–Crippen MR) is 105 cm³/mol. The van der Waals surface area contributed by atoms with Crippen molar-refractivity contribution in [2.45, 2.75) is 25.8 Å². The second-order valence-corrected chi connectivity index (χ2v) is 7.97. The molecule has 0 aliphatic carbocycles. The molecule has 1 saturated heterocycles. The summed E-state index contributed by atoms with van der Waals surface area (Å²) in [6, 6.07) is 14.5. The van der Waals surface area contributed by atoms with Gasteiger partial charge in [-0.05, 0) is 55.5 Å². The van der Waals surface area contributed by atoms with E-state index in [2.05, 4.69) is 41.5 Å². The Kier molecular flexibility index (Phi) is 4.74. The average Bonchev–Trinajstić information content (AvgIpc) is 3.08. The van der Waals surface area contributed by atoms with Crippen LogP contribution in [0.4, 0.5) is 0 Å². The van der Waals surface area contributed by atoms with Crippen molar-refractivity contribution in [1.82, 2.24) is 9.88 Å². The third-order valence-corrected chi connectivity index (χ3v) is 6.19. The molecule has 2 aromatic heterocycles. The molecule has 0 saturated carbocycles. The summed E-state index contributed by atoms with van der Waals surface area (Å²) in [6.45, 7) is 3.58. The number of carbonyl (C=O) groups is 1. The van der Waals surface area contributed by atoms with E-state index in [9.17, 15) is 9.90 Å². The van der Waals surface area contributed by atoms with Gasteiger partial charge in [0.15, 0.2) is 0 Å². The van der Waals surface area contributed by atoms with E-state index in [-0.39, 0.29) is 12.0 Å². The summed E-state index contributed by atoms with van der Waals surface area (Å²) in [5, 5.41) is 12.8. The topological polar surface area (TPSA) is 53.4 Å². The number of carboxylic acid groups (broad SMARTS) is 1. The Hall–Kier alpha value is -2.24. The number of carboxylic acids is 1. The number of fused-ring (bicyclic) bond motifs is 1. The maximum atomic E-state index is 11.5. The monoisotopic (exact) mass is 366 g/mol. The maximum Gasteiger partial charge on any atom is 0.307 e. The number of aryl methyl sites for hydroxylation is 1. The fraction of sp³-hybridized carbons (Fsp3) is 0.333. The SMILES string of the molecule is Cc1csc(C(c2ccc3ccccc3n2)N2CCCC(C(=O)O)C2)c1. The Labute approximate surface area is 157 Å². The largest absolute Gasteiger partial charge is 0.481 e. The number of thiophene rings is 1. The summed E-state index contributed by atoms with van der Waals surface area (Å²) in [5.41, 5.74) is 3.22. The van der Waals surface area contributed by atoms with Crippen LogP contribution < -0.4 is 0 Å². The van der Waals surface area contributed by atoms with Crippen molar-refractivity contribution in [1.29, 1.82) is 0 Å². The van der Waals surface area contributed by atoms with E-state index in [0.29, 0.717) is 6.54 Å². The molecule has 0 spiro atoms. The molecule has 134 valence electrons. The number of aromatic nitrogens is 1. The molecule has 1 fully saturated rings. The van der Waals surface area contributed by atoms with Gasteiger partial charge in [-0.2, -0.15) is 0 Å². The molecule has 2 unspecified atom stereocenters. The van der Waals surface area contributed by atoms with Crippen molar-refractivity contribution in [3.63, 3.8) is 0 Å². The molecule has 4 rings (SSSR count). The summed E-state index contributed by atoms with van der Waals surface area (Å²) < 4.78 is 0. The number of likely N-dealkylation sites (tertiary alicyclic amines) is 1. The molecule has 0 bridgehead atoms. The van der Waals surface area contributed by atoms with Crippen molar-refractivity contribution < 1.29 is 9.90 Å². The van der Waals surface area contributed by atoms with Crippen LogP contribution >= 0.6 is 11.3 Å². The maximum absolute atomic E-state index is 11.5. The van der Waals surface area contributed by atoms with E-state index in [1.54, 1.807) is 11.3 Å². The predicted octanol–water partition coefficient (Wildman–Crippen LogP) is 4.49. The Morgan fingerprint density at radius 3 is 2.92 bits per heavy atom. The lowest BCUT2D eigenvalue weighted by Crippen LogP contribution is -2.41. The van der Waals surface area contributed by atoms with E-state index < -0.39 is 5.97 Å². The molecule has 5 heteroatoms. The number of benzene rings is 1. The van der Waals surface area contributed by atoms with Gasteiger partial charge in [-0.3, -0.25) is 14.7 Å². The van der Waals surface area contributed by atoms with Crippen LogP contribution in [-0.4, -0.2) is 34.0 Å². The summed E-state index contributed by atoms with van der Waals surface area (Å²) in [5.74, 6) is -0.991. The first-order chi connectivity index (χ1) is 12.6. The molecular formula is C21H22N2O2S. The van der Waals surface area contributed by atoms with Crippen LogP contribution in [0.3, 0.4) is 0 Å². The lowest BCUT2D eigenvalue weighted by molar-refractivity contribution is -0.143. The molecule has 1 aromatic carbocycles. The molecule has 0 amide bonds. The minimum atomic E-state index is -0.692. The van der Waals surface area contributed by atoms with Crippen LogP contribution in [0.5, 0.6) is 0 Å². The van der Waals surface area contributed by atoms with Gasteiger partial charge in [0.2, 0.25) is 0 Å². The molecule has 4 nitrogen and oxygen atoms in total. The number of rotatable bonds is 4. The van der Waals surface area contributed by atoms with Gasteiger partial charge in [0.1, 0.15) is 0 Å². The molecule has 3 heterocycles. The highest BCUT2D eigenvalue weighted by molar-refractivity contribution is 7.10. The van der Waals surface area contributed by atoms with Crippen molar-refractivity contribution >= 4 is 28.2 Å². The Morgan fingerprint density at radius 1 is 1.31 bits per heavy atom. The lowest BCUT2D eigenvalue weighted by atomic mass is 9.95. The number of nitrogens with zero attached hydrogens (tertiary/aromatic N) is 2. The number of hydrogen-bond donors (Lipinski definition) is 1. The summed E-state index contributed by atoms with van der Waals surface area (Å²) >= 11 is 1.73. The van der Waals surface area contributed by atoms with Crippen LogP contribution in [0.15, 0.2) is 47.8 Å². The van der Waals surface area contributed by atoms with Crippen LogP contribution in [0.25, 0.3) is 10.9 Å². The van der Waals surface area contributed by atoms with Crippen molar-refractivity contribution in [3.05, 3.63) is 64.0 Å². The fourth-order valence-corrected chi connectivity index (χ4v) is 4.83. The smallest absolute Gasteiger partial charge is 0.307 e. The number of hydrogen-bond acceptors (Lipinski definition) is 4. The molecular weight excluding hydrogens is 344 g/mol. The molecule has 26 heavy (non-hydrogen) atoms. The standard InChI is InChI=1S/C21H22N2O2S/c1-14-11-19(26-13-14)20(23-10-4-6-16(12-23)21(24)25)18-9-8-15-5-2-3-7-17(15)22-18/h2-3,5,7-9,11,13,16,20H,4,6,10,12H2,1H3,(H,24,25). The van der Waals surface area contributed by atoms with E-state index in [0.717, 1.165) is 36.0 Å². The first-order valence-electron chi connectivity index (χ1n) is 8.99. The molecule has 3 aromatic rings. The number of pyridine rings is 1. The summed E-state index contributed by atoms with van der Waals surface area (Å²) in [7, 11) is 0. The highest BCUT2D eigenvalue weighted by atomic mass is 32.1. The lowest BCUT2D eigenvalue weighted by Gasteiger charge is -2.36. The normalized spacial score (nSPS) is 19.5. The van der Waals surface area contributed by atoms with Gasteiger partial charge >= 0.3 is 5.97 Å². The Balaban J connectivity index is 1.76. The second-order valence-electron chi connectivity index (χ2n) is 7.03. The van der Waals surface area contributed by atoms with Gasteiger partial charge < -0.3 is 5.11 Å². The van der Waals surface area contributed by atoms with Crippen LogP contribution in [0, 0.1) is 12.8 Å².